The molecule has 1 heterocycles. The zero-order valence-electron chi connectivity index (χ0n) is 15.3. The molecule has 28 heavy (non-hydrogen) atoms. The summed E-state index contributed by atoms with van der Waals surface area (Å²) in [4.78, 5) is 24.8. The van der Waals surface area contributed by atoms with Crippen molar-refractivity contribution in [2.75, 3.05) is 13.3 Å². The SMILES string of the molecule is CCOC(=O)/C=C/c1c(-c2ccc(F)cc2)n(CCF)c(=O)c2ccccc12. The van der Waals surface area contributed by atoms with Gasteiger partial charge >= 0.3 is 5.97 Å². The average molecular weight is 383 g/mol. The number of halogens is 2. The number of carbonyl (C=O) groups excluding carboxylic acids is 1. The van der Waals surface area contributed by atoms with Crippen LogP contribution in [0.4, 0.5) is 8.78 Å². The van der Waals surface area contributed by atoms with Crippen molar-refractivity contribution >= 4 is 22.8 Å². The van der Waals surface area contributed by atoms with Crippen LogP contribution in [0.5, 0.6) is 0 Å². The first-order chi connectivity index (χ1) is 13.6. The molecule has 3 aromatic rings. The van der Waals surface area contributed by atoms with Crippen molar-refractivity contribution in [3.63, 3.8) is 0 Å². The van der Waals surface area contributed by atoms with Crippen molar-refractivity contribution in [2.24, 2.45) is 0 Å². The second-order valence-electron chi connectivity index (χ2n) is 6.05. The Morgan fingerprint density at radius 1 is 1.11 bits per heavy atom. The molecule has 3 rings (SSSR count). The van der Waals surface area contributed by atoms with E-state index in [4.69, 9.17) is 4.74 Å². The van der Waals surface area contributed by atoms with Crippen molar-refractivity contribution in [3.8, 4) is 11.3 Å². The third kappa shape index (κ3) is 3.86. The van der Waals surface area contributed by atoms with Crippen LogP contribution >= 0.6 is 0 Å². The predicted molar refractivity (Wildman–Crippen MR) is 105 cm³/mol. The van der Waals surface area contributed by atoms with Crippen LogP contribution in [0.25, 0.3) is 28.1 Å². The van der Waals surface area contributed by atoms with Crippen molar-refractivity contribution in [3.05, 3.63) is 76.3 Å². The minimum atomic E-state index is -0.743. The highest BCUT2D eigenvalue weighted by Crippen LogP contribution is 2.30. The molecule has 2 aromatic carbocycles. The van der Waals surface area contributed by atoms with Gasteiger partial charge in [-0.1, -0.05) is 18.2 Å². The van der Waals surface area contributed by atoms with E-state index >= 15 is 0 Å². The molecule has 0 radical (unpaired) electrons. The Balaban J connectivity index is 2.37. The largest absolute Gasteiger partial charge is 0.463 e. The van der Waals surface area contributed by atoms with Crippen molar-refractivity contribution < 1.29 is 18.3 Å². The lowest BCUT2D eigenvalue weighted by Gasteiger charge is -2.18. The maximum atomic E-state index is 13.4. The third-order valence-electron chi connectivity index (χ3n) is 4.32. The summed E-state index contributed by atoms with van der Waals surface area (Å²) in [6.45, 7) is 1.03. The highest BCUT2D eigenvalue weighted by Gasteiger charge is 2.17. The van der Waals surface area contributed by atoms with Gasteiger partial charge in [0, 0.05) is 17.0 Å². The van der Waals surface area contributed by atoms with Crippen molar-refractivity contribution in [1.29, 1.82) is 0 Å². The van der Waals surface area contributed by atoms with Crippen LogP contribution in [-0.4, -0.2) is 23.8 Å². The van der Waals surface area contributed by atoms with E-state index in [0.717, 1.165) is 0 Å². The van der Waals surface area contributed by atoms with Gasteiger partial charge in [-0.15, -0.1) is 0 Å². The molecule has 0 fully saturated rings. The number of alkyl halides is 1. The van der Waals surface area contributed by atoms with Crippen LogP contribution in [-0.2, 0) is 16.1 Å². The standard InChI is InChI=1S/C22H19F2NO3/c1-2-28-20(26)12-11-18-17-5-3-4-6-19(17)22(27)25(14-13-23)21(18)15-7-9-16(24)10-8-15/h3-12H,2,13-14H2,1H3/b12-11+. The maximum Gasteiger partial charge on any atom is 0.330 e. The van der Waals surface area contributed by atoms with Crippen molar-refractivity contribution in [1.82, 2.24) is 4.57 Å². The molecule has 0 aliphatic carbocycles. The summed E-state index contributed by atoms with van der Waals surface area (Å²) >= 11 is 0. The Bertz CT molecular complexity index is 1090. The number of esters is 1. The zero-order chi connectivity index (χ0) is 20.1. The van der Waals surface area contributed by atoms with E-state index in [0.29, 0.717) is 27.6 Å². The summed E-state index contributed by atoms with van der Waals surface area (Å²) < 4.78 is 32.9. The van der Waals surface area contributed by atoms with Gasteiger partial charge in [0.15, 0.2) is 0 Å². The second-order valence-corrected chi connectivity index (χ2v) is 6.05. The van der Waals surface area contributed by atoms with E-state index in [9.17, 15) is 18.4 Å². The van der Waals surface area contributed by atoms with Crippen LogP contribution in [0.15, 0.2) is 59.4 Å². The molecule has 0 unspecified atom stereocenters. The smallest absolute Gasteiger partial charge is 0.330 e. The van der Waals surface area contributed by atoms with Gasteiger partial charge in [0.25, 0.3) is 5.56 Å². The second kappa shape index (κ2) is 8.61. The normalized spacial score (nSPS) is 11.2. The summed E-state index contributed by atoms with van der Waals surface area (Å²) in [7, 11) is 0. The van der Waals surface area contributed by atoms with Gasteiger partial charge in [0.2, 0.25) is 0 Å². The van der Waals surface area contributed by atoms with Crippen LogP contribution in [0.2, 0.25) is 0 Å². The number of hydrogen-bond donors (Lipinski definition) is 0. The molecule has 4 nitrogen and oxygen atoms in total. The van der Waals surface area contributed by atoms with Gasteiger partial charge in [-0.2, -0.15) is 0 Å². The number of aromatic nitrogens is 1. The number of carbonyl (C=O) groups is 1. The Morgan fingerprint density at radius 3 is 2.43 bits per heavy atom. The number of rotatable bonds is 6. The maximum absolute atomic E-state index is 13.4. The fourth-order valence-corrected chi connectivity index (χ4v) is 3.15. The van der Waals surface area contributed by atoms with E-state index < -0.39 is 18.5 Å². The topological polar surface area (TPSA) is 48.3 Å². The van der Waals surface area contributed by atoms with Crippen LogP contribution in [0, 0.1) is 5.82 Å². The van der Waals surface area contributed by atoms with Gasteiger partial charge in [-0.3, -0.25) is 4.79 Å². The molecule has 0 bridgehead atoms. The molecule has 0 N–H and O–H groups in total. The molecular weight excluding hydrogens is 364 g/mol. The molecular formula is C22H19F2NO3. The lowest BCUT2D eigenvalue weighted by atomic mass is 9.98. The quantitative estimate of drug-likeness (QED) is 0.470. The molecule has 0 saturated carbocycles. The highest BCUT2D eigenvalue weighted by molar-refractivity contribution is 5.98. The molecule has 6 heteroatoms. The van der Waals surface area contributed by atoms with E-state index in [2.05, 4.69) is 0 Å². The van der Waals surface area contributed by atoms with E-state index in [-0.39, 0.29) is 18.7 Å². The average Bonchev–Trinajstić information content (AvgIpc) is 2.70. The minimum absolute atomic E-state index is 0.156. The Hall–Kier alpha value is -3.28. The van der Waals surface area contributed by atoms with Gasteiger partial charge in [0.1, 0.15) is 12.5 Å². The predicted octanol–water partition coefficient (Wildman–Crippen LogP) is 4.35. The number of fused-ring (bicyclic) bond motifs is 1. The zero-order valence-corrected chi connectivity index (χ0v) is 15.3. The van der Waals surface area contributed by atoms with Crippen molar-refractivity contribution in [2.45, 2.75) is 13.5 Å². The summed E-state index contributed by atoms with van der Waals surface area (Å²) in [5.41, 5.74) is 1.17. The van der Waals surface area contributed by atoms with E-state index in [1.54, 1.807) is 37.3 Å². The minimum Gasteiger partial charge on any atom is -0.463 e. The Morgan fingerprint density at radius 2 is 1.79 bits per heavy atom. The molecule has 144 valence electrons. The number of pyridine rings is 1. The summed E-state index contributed by atoms with van der Waals surface area (Å²) in [6.07, 6.45) is 2.82. The number of nitrogens with zero attached hydrogens (tertiary/aromatic N) is 1. The van der Waals surface area contributed by atoms with Gasteiger partial charge < -0.3 is 9.30 Å². The summed E-state index contributed by atoms with van der Waals surface area (Å²) in [6, 6.07) is 12.5. The van der Waals surface area contributed by atoms with Gasteiger partial charge in [-0.05, 0) is 54.3 Å². The van der Waals surface area contributed by atoms with Gasteiger partial charge in [-0.25, -0.2) is 13.6 Å². The summed E-state index contributed by atoms with van der Waals surface area (Å²) in [5, 5.41) is 1.02. The first kappa shape index (κ1) is 19.5. The number of benzene rings is 2. The highest BCUT2D eigenvalue weighted by atomic mass is 19.1. The number of hydrogen-bond acceptors (Lipinski definition) is 3. The molecule has 0 spiro atoms. The molecule has 0 atom stereocenters. The molecule has 0 amide bonds. The Kier molecular flexibility index (Phi) is 5.99. The van der Waals surface area contributed by atoms with Gasteiger partial charge in [0.05, 0.1) is 18.8 Å². The number of ether oxygens (including phenoxy) is 1. The summed E-state index contributed by atoms with van der Waals surface area (Å²) in [5.74, 6) is -0.951. The first-order valence-corrected chi connectivity index (χ1v) is 8.89. The Labute approximate surface area is 160 Å². The monoisotopic (exact) mass is 383 g/mol. The fourth-order valence-electron chi connectivity index (χ4n) is 3.15. The first-order valence-electron chi connectivity index (χ1n) is 8.89. The third-order valence-corrected chi connectivity index (χ3v) is 4.32. The van der Waals surface area contributed by atoms with Crippen LogP contribution in [0.1, 0.15) is 12.5 Å². The molecule has 0 aliphatic rings. The molecule has 0 aliphatic heterocycles. The van der Waals surface area contributed by atoms with Crippen LogP contribution in [0.3, 0.4) is 0 Å². The van der Waals surface area contributed by atoms with Crippen LogP contribution < -0.4 is 5.56 Å². The molecule has 0 saturated heterocycles. The van der Waals surface area contributed by atoms with E-state index in [1.165, 1.54) is 34.9 Å². The lowest BCUT2D eigenvalue weighted by molar-refractivity contribution is -0.137. The molecule has 1 aromatic heterocycles. The van der Waals surface area contributed by atoms with E-state index in [1.807, 2.05) is 0 Å². The lowest BCUT2D eigenvalue weighted by Crippen LogP contribution is -2.24. The fraction of sp³-hybridized carbons (Fsp3) is 0.182.